The Morgan fingerprint density at radius 2 is 1.88 bits per heavy atom. The van der Waals surface area contributed by atoms with Crippen molar-refractivity contribution in [3.05, 3.63) is 23.2 Å². The van der Waals surface area contributed by atoms with Crippen LogP contribution in [0.2, 0.25) is 5.02 Å². The zero-order chi connectivity index (χ0) is 11.8. The Morgan fingerprint density at radius 1 is 1.25 bits per heavy atom. The van der Waals surface area contributed by atoms with E-state index in [0.29, 0.717) is 16.1 Å². The van der Waals surface area contributed by atoms with Crippen molar-refractivity contribution < 1.29 is 0 Å². The highest BCUT2D eigenvalue weighted by molar-refractivity contribution is 6.33. The van der Waals surface area contributed by atoms with Crippen molar-refractivity contribution in [2.45, 2.75) is 26.7 Å². The van der Waals surface area contributed by atoms with Gasteiger partial charge in [-0.2, -0.15) is 0 Å². The molecule has 0 atom stereocenters. The number of para-hydroxylation sites is 1. The molecule has 1 aliphatic heterocycles. The molecule has 0 aromatic heterocycles. The van der Waals surface area contributed by atoms with Crippen LogP contribution in [-0.4, -0.2) is 13.1 Å². The summed E-state index contributed by atoms with van der Waals surface area (Å²) in [6.07, 6.45) is 2.41. The molecule has 0 radical (unpaired) electrons. The van der Waals surface area contributed by atoms with E-state index < -0.39 is 0 Å². The summed E-state index contributed by atoms with van der Waals surface area (Å²) in [5.74, 6) is 0. The van der Waals surface area contributed by atoms with Crippen LogP contribution in [0.15, 0.2) is 18.2 Å². The van der Waals surface area contributed by atoms with Gasteiger partial charge >= 0.3 is 0 Å². The topological polar surface area (TPSA) is 29.3 Å². The number of nitrogens with two attached hydrogens (primary N) is 1. The molecule has 0 spiro atoms. The third-order valence-electron chi connectivity index (χ3n) is 3.49. The third kappa shape index (κ3) is 2.27. The second kappa shape index (κ2) is 4.17. The first-order valence-corrected chi connectivity index (χ1v) is 6.16. The molecule has 0 bridgehead atoms. The maximum Gasteiger partial charge on any atom is 0.0741 e. The Balaban J connectivity index is 2.17. The van der Waals surface area contributed by atoms with Gasteiger partial charge in [0.2, 0.25) is 0 Å². The minimum absolute atomic E-state index is 0.462. The second-order valence-corrected chi connectivity index (χ2v) is 5.73. The van der Waals surface area contributed by atoms with Crippen molar-refractivity contribution in [1.82, 2.24) is 0 Å². The number of rotatable bonds is 1. The molecule has 2 nitrogen and oxygen atoms in total. The number of hydrogen-bond donors (Lipinski definition) is 1. The minimum Gasteiger partial charge on any atom is -0.396 e. The highest BCUT2D eigenvalue weighted by Crippen LogP contribution is 2.36. The molecule has 1 heterocycles. The first-order chi connectivity index (χ1) is 7.49. The van der Waals surface area contributed by atoms with Gasteiger partial charge < -0.3 is 10.6 Å². The molecule has 2 N–H and O–H groups in total. The lowest BCUT2D eigenvalue weighted by atomic mass is 9.82. The highest BCUT2D eigenvalue weighted by atomic mass is 35.5. The van der Waals surface area contributed by atoms with Gasteiger partial charge in [0, 0.05) is 13.1 Å². The van der Waals surface area contributed by atoms with E-state index in [1.807, 2.05) is 12.1 Å². The maximum absolute atomic E-state index is 6.04. The smallest absolute Gasteiger partial charge is 0.0741 e. The van der Waals surface area contributed by atoms with E-state index in [2.05, 4.69) is 24.8 Å². The fourth-order valence-corrected chi connectivity index (χ4v) is 2.32. The monoisotopic (exact) mass is 238 g/mol. The van der Waals surface area contributed by atoms with Crippen LogP contribution < -0.4 is 10.6 Å². The summed E-state index contributed by atoms with van der Waals surface area (Å²) >= 11 is 6.04. The van der Waals surface area contributed by atoms with E-state index >= 15 is 0 Å². The second-order valence-electron chi connectivity index (χ2n) is 5.32. The van der Waals surface area contributed by atoms with Crippen molar-refractivity contribution >= 4 is 23.0 Å². The molecule has 3 heteroatoms. The van der Waals surface area contributed by atoms with Gasteiger partial charge in [-0.1, -0.05) is 31.5 Å². The lowest BCUT2D eigenvalue weighted by molar-refractivity contribution is 0.280. The molecule has 1 aliphatic rings. The summed E-state index contributed by atoms with van der Waals surface area (Å²) in [5.41, 5.74) is 8.27. The average molecular weight is 239 g/mol. The van der Waals surface area contributed by atoms with Gasteiger partial charge in [0.05, 0.1) is 16.4 Å². The van der Waals surface area contributed by atoms with Crippen LogP contribution in [0, 0.1) is 5.41 Å². The lowest BCUT2D eigenvalue weighted by Gasteiger charge is -2.38. The van der Waals surface area contributed by atoms with Crippen LogP contribution >= 0.6 is 11.6 Å². The highest BCUT2D eigenvalue weighted by Gasteiger charge is 2.26. The molecule has 16 heavy (non-hydrogen) atoms. The summed E-state index contributed by atoms with van der Waals surface area (Å²) in [4.78, 5) is 2.34. The zero-order valence-electron chi connectivity index (χ0n) is 9.96. The molecule has 0 amide bonds. The van der Waals surface area contributed by atoms with Crippen LogP contribution in [-0.2, 0) is 0 Å². The maximum atomic E-state index is 6.04. The van der Waals surface area contributed by atoms with Gasteiger partial charge in [0.1, 0.15) is 0 Å². The van der Waals surface area contributed by atoms with Gasteiger partial charge in [-0.05, 0) is 30.4 Å². The minimum atomic E-state index is 0.462. The molecule has 2 rings (SSSR count). The van der Waals surface area contributed by atoms with E-state index in [1.165, 1.54) is 12.8 Å². The van der Waals surface area contributed by atoms with E-state index in [-0.39, 0.29) is 0 Å². The third-order valence-corrected chi connectivity index (χ3v) is 3.82. The number of benzene rings is 1. The van der Waals surface area contributed by atoms with E-state index in [1.54, 1.807) is 0 Å². The van der Waals surface area contributed by atoms with E-state index in [0.717, 1.165) is 18.8 Å². The van der Waals surface area contributed by atoms with Crippen molar-refractivity contribution in [2.24, 2.45) is 5.41 Å². The normalized spacial score (nSPS) is 19.8. The Bertz CT molecular complexity index is 378. The first-order valence-electron chi connectivity index (χ1n) is 5.78. The molecule has 1 aromatic rings. The van der Waals surface area contributed by atoms with Crippen LogP contribution in [0.25, 0.3) is 0 Å². The van der Waals surface area contributed by atoms with Crippen molar-refractivity contribution in [2.75, 3.05) is 23.7 Å². The zero-order valence-corrected chi connectivity index (χ0v) is 10.7. The summed E-state index contributed by atoms with van der Waals surface area (Å²) in [6.45, 7) is 6.78. The number of hydrogen-bond acceptors (Lipinski definition) is 2. The predicted octanol–water partition coefficient (Wildman–Crippen LogP) is 3.55. The van der Waals surface area contributed by atoms with Crippen LogP contribution in [0.1, 0.15) is 26.7 Å². The van der Waals surface area contributed by atoms with Crippen LogP contribution in [0.4, 0.5) is 11.4 Å². The van der Waals surface area contributed by atoms with Crippen LogP contribution in [0.5, 0.6) is 0 Å². The Kier molecular flexibility index (Phi) is 3.02. The lowest BCUT2D eigenvalue weighted by Crippen LogP contribution is -2.37. The van der Waals surface area contributed by atoms with E-state index in [4.69, 9.17) is 17.3 Å². The first kappa shape index (κ1) is 11.6. The predicted molar refractivity (Wildman–Crippen MR) is 71.1 cm³/mol. The molecule has 88 valence electrons. The standard InChI is InChI=1S/C13H19ClN2/c1-13(2)6-8-16(9-7-13)11-5-3-4-10(14)12(11)15/h3-5H,6-9,15H2,1-2H3. The molecule has 0 saturated carbocycles. The molecular weight excluding hydrogens is 220 g/mol. The molecule has 1 saturated heterocycles. The molecule has 0 unspecified atom stereocenters. The molecule has 1 fully saturated rings. The van der Waals surface area contributed by atoms with Gasteiger partial charge in [-0.3, -0.25) is 0 Å². The van der Waals surface area contributed by atoms with Gasteiger partial charge in [0.15, 0.2) is 0 Å². The SMILES string of the molecule is CC1(C)CCN(c2cccc(Cl)c2N)CC1. The summed E-state index contributed by atoms with van der Waals surface area (Å²) < 4.78 is 0. The fraction of sp³-hybridized carbons (Fsp3) is 0.538. The number of nitrogen functional groups attached to an aromatic ring is 1. The average Bonchev–Trinajstić information content (AvgIpc) is 2.23. The summed E-state index contributed by atoms with van der Waals surface area (Å²) in [7, 11) is 0. The number of piperidine rings is 1. The van der Waals surface area contributed by atoms with Gasteiger partial charge in [-0.15, -0.1) is 0 Å². The summed E-state index contributed by atoms with van der Waals surface area (Å²) in [6, 6.07) is 5.86. The fourth-order valence-electron chi connectivity index (χ4n) is 2.15. The number of nitrogens with zero attached hydrogens (tertiary/aromatic N) is 1. The Morgan fingerprint density at radius 3 is 2.50 bits per heavy atom. The molecule has 0 aliphatic carbocycles. The number of halogens is 1. The molecule has 1 aromatic carbocycles. The van der Waals surface area contributed by atoms with Crippen LogP contribution in [0.3, 0.4) is 0 Å². The Hall–Kier alpha value is -0.890. The summed E-state index contributed by atoms with van der Waals surface area (Å²) in [5, 5.41) is 0.655. The van der Waals surface area contributed by atoms with Gasteiger partial charge in [-0.25, -0.2) is 0 Å². The van der Waals surface area contributed by atoms with Gasteiger partial charge in [0.25, 0.3) is 0 Å². The Labute approximate surface area is 102 Å². The quantitative estimate of drug-likeness (QED) is 0.759. The van der Waals surface area contributed by atoms with E-state index in [9.17, 15) is 0 Å². The molecular formula is C13H19ClN2. The largest absolute Gasteiger partial charge is 0.396 e. The van der Waals surface area contributed by atoms with Crippen molar-refractivity contribution in [3.8, 4) is 0 Å². The van der Waals surface area contributed by atoms with Crippen molar-refractivity contribution in [1.29, 1.82) is 0 Å². The van der Waals surface area contributed by atoms with Crippen molar-refractivity contribution in [3.63, 3.8) is 0 Å². The number of anilines is 2.